The van der Waals surface area contributed by atoms with Gasteiger partial charge in [0.05, 0.1) is 11.8 Å². The molecule has 2 rings (SSSR count). The summed E-state index contributed by atoms with van der Waals surface area (Å²) < 4.78 is 0. The maximum absolute atomic E-state index is 11.7. The topological polar surface area (TPSA) is 61.2 Å². The van der Waals surface area contributed by atoms with Crippen molar-refractivity contribution in [1.29, 1.82) is 5.26 Å². The third-order valence-corrected chi connectivity index (χ3v) is 2.50. The number of benzene rings is 1. The predicted molar refractivity (Wildman–Crippen MR) is 64.6 cm³/mol. The Labute approximate surface area is 100 Å². The lowest BCUT2D eigenvalue weighted by Gasteiger charge is -2.27. The number of nitriles is 1. The average Bonchev–Trinajstić information content (AvgIpc) is 2.39. The fourth-order valence-electron chi connectivity index (χ4n) is 1.67. The lowest BCUT2D eigenvalue weighted by atomic mass is 9.92. The molecule has 0 spiro atoms. The van der Waals surface area contributed by atoms with Crippen LogP contribution in [0.2, 0.25) is 0 Å². The normalized spacial score (nSPS) is 17.8. The molecule has 4 nitrogen and oxygen atoms in total. The summed E-state index contributed by atoms with van der Waals surface area (Å²) in [6, 6.07) is 8.53. The molecule has 1 amide bonds. The number of carbonyl (C=O) groups is 2. The molecule has 0 fully saturated rings. The molecule has 0 bridgehead atoms. The summed E-state index contributed by atoms with van der Waals surface area (Å²) in [7, 11) is 1.57. The standard InChI is InChI=1S/C11H8N2O2.C2H6/c1-13-9-5-3-2-4-7(9)10(14)8(6-12)11(13)15;1-2/h2-5,8H,1H3;1-2H3. The summed E-state index contributed by atoms with van der Waals surface area (Å²) in [5.74, 6) is -2.05. The van der Waals surface area contributed by atoms with Crippen LogP contribution >= 0.6 is 0 Å². The molecule has 0 saturated carbocycles. The number of rotatable bonds is 0. The number of ketones is 1. The second kappa shape index (κ2) is 5.26. The van der Waals surface area contributed by atoms with Crippen LogP contribution in [0.15, 0.2) is 24.3 Å². The zero-order valence-electron chi connectivity index (χ0n) is 10.1. The van der Waals surface area contributed by atoms with Crippen molar-refractivity contribution in [3.05, 3.63) is 29.8 Å². The molecule has 1 unspecified atom stereocenters. The zero-order valence-corrected chi connectivity index (χ0v) is 10.1. The van der Waals surface area contributed by atoms with E-state index in [1.807, 2.05) is 13.8 Å². The maximum Gasteiger partial charge on any atom is 0.252 e. The molecule has 1 aliphatic rings. The highest BCUT2D eigenvalue weighted by atomic mass is 16.2. The van der Waals surface area contributed by atoms with Gasteiger partial charge < -0.3 is 4.90 Å². The van der Waals surface area contributed by atoms with Crippen molar-refractivity contribution in [2.75, 3.05) is 11.9 Å². The van der Waals surface area contributed by atoms with Crippen LogP contribution in [0.5, 0.6) is 0 Å². The van der Waals surface area contributed by atoms with Crippen LogP contribution in [0.1, 0.15) is 24.2 Å². The van der Waals surface area contributed by atoms with E-state index >= 15 is 0 Å². The first kappa shape index (κ1) is 12.9. The van der Waals surface area contributed by atoms with Crippen LogP contribution in [-0.4, -0.2) is 18.7 Å². The van der Waals surface area contributed by atoms with Crippen molar-refractivity contribution < 1.29 is 9.59 Å². The molecule has 1 heterocycles. The minimum Gasteiger partial charge on any atom is -0.313 e. The number of carbonyl (C=O) groups excluding carboxylic acids is 2. The Balaban J connectivity index is 0.000000686. The molecule has 0 aliphatic carbocycles. The van der Waals surface area contributed by atoms with Crippen LogP contribution in [0.25, 0.3) is 0 Å². The van der Waals surface area contributed by atoms with Gasteiger partial charge >= 0.3 is 0 Å². The van der Waals surface area contributed by atoms with Crippen molar-refractivity contribution in [2.24, 2.45) is 5.92 Å². The number of fused-ring (bicyclic) bond motifs is 1. The number of hydrogen-bond donors (Lipinski definition) is 0. The van der Waals surface area contributed by atoms with Gasteiger partial charge in [-0.1, -0.05) is 26.0 Å². The second-order valence-corrected chi connectivity index (χ2v) is 3.34. The molecule has 1 aromatic carbocycles. The minimum absolute atomic E-state index is 0.406. The van der Waals surface area contributed by atoms with Gasteiger partial charge in [0.2, 0.25) is 0 Å². The average molecular weight is 230 g/mol. The van der Waals surface area contributed by atoms with Crippen molar-refractivity contribution in [3.63, 3.8) is 0 Å². The molecule has 1 aliphatic heterocycles. The summed E-state index contributed by atoms with van der Waals surface area (Å²) in [5, 5.41) is 8.76. The fourth-order valence-corrected chi connectivity index (χ4v) is 1.67. The van der Waals surface area contributed by atoms with Gasteiger partial charge in [0.15, 0.2) is 11.7 Å². The van der Waals surface area contributed by atoms with E-state index in [9.17, 15) is 9.59 Å². The zero-order chi connectivity index (χ0) is 13.0. The van der Waals surface area contributed by atoms with Crippen LogP contribution in [0.4, 0.5) is 5.69 Å². The quantitative estimate of drug-likeness (QED) is 0.640. The number of anilines is 1. The third kappa shape index (κ3) is 2.04. The summed E-state index contributed by atoms with van der Waals surface area (Å²) >= 11 is 0. The minimum atomic E-state index is -1.19. The Kier molecular flexibility index (Phi) is 4.00. The van der Waals surface area contributed by atoms with Gasteiger partial charge in [-0.15, -0.1) is 0 Å². The molecule has 4 heteroatoms. The summed E-state index contributed by atoms with van der Waals surface area (Å²) in [5.41, 5.74) is 1.00. The molecule has 0 saturated heterocycles. The predicted octanol–water partition coefficient (Wildman–Crippen LogP) is 2.01. The fraction of sp³-hybridized carbons (Fsp3) is 0.308. The Bertz CT molecular complexity index is 488. The molecule has 0 radical (unpaired) electrons. The van der Waals surface area contributed by atoms with Gasteiger partial charge in [0, 0.05) is 12.6 Å². The molecule has 0 aromatic heterocycles. The van der Waals surface area contributed by atoms with E-state index in [4.69, 9.17) is 5.26 Å². The molecular formula is C13H14N2O2. The van der Waals surface area contributed by atoms with E-state index < -0.39 is 17.6 Å². The molecule has 17 heavy (non-hydrogen) atoms. The summed E-state index contributed by atoms with van der Waals surface area (Å²) in [6.07, 6.45) is 0. The first-order valence-corrected chi connectivity index (χ1v) is 5.47. The van der Waals surface area contributed by atoms with Crippen molar-refractivity contribution in [3.8, 4) is 6.07 Å². The number of amides is 1. The largest absolute Gasteiger partial charge is 0.313 e. The van der Waals surface area contributed by atoms with Crippen LogP contribution < -0.4 is 4.90 Å². The van der Waals surface area contributed by atoms with E-state index in [2.05, 4.69) is 0 Å². The van der Waals surface area contributed by atoms with Gasteiger partial charge in [0.25, 0.3) is 5.91 Å². The van der Waals surface area contributed by atoms with Gasteiger partial charge in [0.1, 0.15) is 0 Å². The summed E-state index contributed by atoms with van der Waals surface area (Å²) in [6.45, 7) is 4.00. The van der Waals surface area contributed by atoms with Crippen molar-refractivity contribution in [1.82, 2.24) is 0 Å². The SMILES string of the molecule is CC.CN1C(=O)C(C#N)C(=O)c2ccccc21. The van der Waals surface area contributed by atoms with Gasteiger partial charge in [-0.05, 0) is 12.1 Å². The Morgan fingerprint density at radius 2 is 1.82 bits per heavy atom. The highest BCUT2D eigenvalue weighted by molar-refractivity contribution is 6.23. The Morgan fingerprint density at radius 3 is 2.41 bits per heavy atom. The van der Waals surface area contributed by atoms with Crippen LogP contribution in [0.3, 0.4) is 0 Å². The smallest absolute Gasteiger partial charge is 0.252 e. The number of para-hydroxylation sites is 1. The monoisotopic (exact) mass is 230 g/mol. The second-order valence-electron chi connectivity index (χ2n) is 3.34. The van der Waals surface area contributed by atoms with Gasteiger partial charge in [-0.3, -0.25) is 9.59 Å². The number of Topliss-reactive ketones (excluding diaryl/α,β-unsaturated/α-hetero) is 1. The van der Waals surface area contributed by atoms with Crippen LogP contribution in [0, 0.1) is 17.2 Å². The highest BCUT2D eigenvalue weighted by Gasteiger charge is 2.37. The van der Waals surface area contributed by atoms with E-state index in [0.717, 1.165) is 0 Å². The lowest BCUT2D eigenvalue weighted by molar-refractivity contribution is -0.119. The van der Waals surface area contributed by atoms with Gasteiger partial charge in [-0.25, -0.2) is 0 Å². The lowest BCUT2D eigenvalue weighted by Crippen LogP contribution is -2.41. The van der Waals surface area contributed by atoms with E-state index in [0.29, 0.717) is 11.3 Å². The van der Waals surface area contributed by atoms with E-state index in [-0.39, 0.29) is 0 Å². The van der Waals surface area contributed by atoms with Crippen molar-refractivity contribution in [2.45, 2.75) is 13.8 Å². The van der Waals surface area contributed by atoms with Gasteiger partial charge in [-0.2, -0.15) is 5.26 Å². The number of hydrogen-bond acceptors (Lipinski definition) is 3. The molecule has 88 valence electrons. The maximum atomic E-state index is 11.7. The Hall–Kier alpha value is -2.15. The first-order valence-electron chi connectivity index (χ1n) is 5.47. The van der Waals surface area contributed by atoms with E-state index in [1.54, 1.807) is 37.4 Å². The summed E-state index contributed by atoms with van der Waals surface area (Å²) in [4.78, 5) is 24.7. The molecule has 0 N–H and O–H groups in total. The molecule has 1 aromatic rings. The number of nitrogens with zero attached hydrogens (tertiary/aromatic N) is 2. The van der Waals surface area contributed by atoms with Crippen molar-refractivity contribution >= 4 is 17.4 Å². The Morgan fingerprint density at radius 1 is 1.24 bits per heavy atom. The van der Waals surface area contributed by atoms with Crippen LogP contribution in [-0.2, 0) is 4.79 Å². The van der Waals surface area contributed by atoms with E-state index in [1.165, 1.54) is 4.90 Å². The highest BCUT2D eigenvalue weighted by Crippen LogP contribution is 2.28. The molecule has 1 atom stereocenters. The third-order valence-electron chi connectivity index (χ3n) is 2.50. The molecular weight excluding hydrogens is 216 g/mol. The first-order chi connectivity index (χ1) is 8.16.